The lowest BCUT2D eigenvalue weighted by atomic mass is 10.0. The maximum atomic E-state index is 12.4. The number of benzene rings is 1. The molecular formula is C16H20ClN5O2. The Morgan fingerprint density at radius 3 is 2.75 bits per heavy atom. The summed E-state index contributed by atoms with van der Waals surface area (Å²) in [6.07, 6.45) is 3.84. The van der Waals surface area contributed by atoms with Gasteiger partial charge in [0.25, 0.3) is 0 Å². The van der Waals surface area contributed by atoms with Crippen LogP contribution in [-0.2, 0) is 17.8 Å². The molecule has 0 spiro atoms. The van der Waals surface area contributed by atoms with Crippen molar-refractivity contribution in [3.05, 3.63) is 40.7 Å². The van der Waals surface area contributed by atoms with Crippen LogP contribution in [0.25, 0.3) is 0 Å². The predicted octanol–water partition coefficient (Wildman–Crippen LogP) is 1.50. The summed E-state index contributed by atoms with van der Waals surface area (Å²) >= 11 is 5.88. The summed E-state index contributed by atoms with van der Waals surface area (Å²) in [7, 11) is 0. The minimum absolute atomic E-state index is 0.0263. The molecule has 0 bridgehead atoms. The van der Waals surface area contributed by atoms with Crippen LogP contribution in [0.1, 0.15) is 30.1 Å². The van der Waals surface area contributed by atoms with E-state index in [1.165, 1.54) is 6.07 Å². The Kier molecular flexibility index (Phi) is 5.01. The second kappa shape index (κ2) is 7.19. The molecule has 0 aliphatic carbocycles. The molecule has 128 valence electrons. The van der Waals surface area contributed by atoms with Crippen molar-refractivity contribution >= 4 is 17.5 Å². The summed E-state index contributed by atoms with van der Waals surface area (Å²) in [4.78, 5) is 14.3. The lowest BCUT2D eigenvalue weighted by Crippen LogP contribution is -2.40. The van der Waals surface area contributed by atoms with E-state index >= 15 is 0 Å². The third-order valence-corrected chi connectivity index (χ3v) is 4.63. The summed E-state index contributed by atoms with van der Waals surface area (Å²) in [5.41, 5.74) is 7.13. The zero-order valence-electron chi connectivity index (χ0n) is 13.2. The number of halogens is 1. The second-order valence-corrected chi connectivity index (χ2v) is 6.38. The van der Waals surface area contributed by atoms with Crippen LogP contribution >= 0.6 is 11.6 Å². The molecule has 7 nitrogen and oxygen atoms in total. The molecule has 1 fully saturated rings. The first kappa shape index (κ1) is 16.7. The fourth-order valence-electron chi connectivity index (χ4n) is 2.91. The zero-order valence-corrected chi connectivity index (χ0v) is 14.0. The first-order valence-corrected chi connectivity index (χ1v) is 8.30. The van der Waals surface area contributed by atoms with Gasteiger partial charge in [0.05, 0.1) is 29.4 Å². The number of hydrogen-bond acceptors (Lipinski definition) is 5. The van der Waals surface area contributed by atoms with Gasteiger partial charge in [0.15, 0.2) is 0 Å². The minimum atomic E-state index is 0.0263. The van der Waals surface area contributed by atoms with Crippen LogP contribution in [-0.4, -0.2) is 44.0 Å². The van der Waals surface area contributed by atoms with E-state index in [1.807, 2.05) is 15.8 Å². The van der Waals surface area contributed by atoms with E-state index in [0.717, 1.165) is 24.1 Å². The predicted molar refractivity (Wildman–Crippen MR) is 89.6 cm³/mol. The average molecular weight is 350 g/mol. The first-order valence-electron chi connectivity index (χ1n) is 7.92. The monoisotopic (exact) mass is 349 g/mol. The smallest absolute Gasteiger partial charge is 0.226 e. The number of carbonyl (C=O) groups is 1. The van der Waals surface area contributed by atoms with Gasteiger partial charge in [0.2, 0.25) is 5.91 Å². The lowest BCUT2D eigenvalue weighted by molar-refractivity contribution is -0.131. The van der Waals surface area contributed by atoms with Crippen LogP contribution < -0.4 is 5.73 Å². The van der Waals surface area contributed by atoms with Gasteiger partial charge in [0, 0.05) is 19.6 Å². The van der Waals surface area contributed by atoms with Gasteiger partial charge >= 0.3 is 0 Å². The Hall–Kier alpha value is -2.12. The van der Waals surface area contributed by atoms with Gasteiger partial charge in [-0.25, -0.2) is 4.68 Å². The summed E-state index contributed by atoms with van der Waals surface area (Å²) < 4.78 is 1.85. The number of aromatic hydroxyl groups is 1. The molecule has 1 saturated heterocycles. The van der Waals surface area contributed by atoms with Crippen LogP contribution in [0.3, 0.4) is 0 Å². The average Bonchev–Trinajstić information content (AvgIpc) is 3.07. The standard InChI is InChI=1S/C16H20ClN5O2/c17-14-7-11(1-2-15(14)23)8-16(24)21-5-3-13(4-6-21)22-10-12(9-18)19-20-22/h1-2,7,10,13,23H,3-6,8-9,18H2. The van der Waals surface area contributed by atoms with Crippen molar-refractivity contribution < 1.29 is 9.90 Å². The Balaban J connectivity index is 1.55. The third-order valence-electron chi connectivity index (χ3n) is 4.33. The number of phenolic OH excluding ortho intramolecular Hbond substituents is 1. The first-order chi connectivity index (χ1) is 11.6. The van der Waals surface area contributed by atoms with Crippen LogP contribution in [0.5, 0.6) is 5.75 Å². The van der Waals surface area contributed by atoms with Crippen molar-refractivity contribution in [3.63, 3.8) is 0 Å². The van der Waals surface area contributed by atoms with Gasteiger partial charge in [-0.05, 0) is 30.5 Å². The number of piperidine rings is 1. The van der Waals surface area contributed by atoms with E-state index in [4.69, 9.17) is 17.3 Å². The van der Waals surface area contributed by atoms with E-state index in [0.29, 0.717) is 19.6 Å². The molecule has 3 N–H and O–H groups in total. The van der Waals surface area contributed by atoms with Crippen molar-refractivity contribution in [1.29, 1.82) is 0 Å². The minimum Gasteiger partial charge on any atom is -0.506 e. The Morgan fingerprint density at radius 1 is 1.38 bits per heavy atom. The molecule has 1 aromatic heterocycles. The topological polar surface area (TPSA) is 97.3 Å². The van der Waals surface area contributed by atoms with Crippen LogP contribution in [0.15, 0.2) is 24.4 Å². The van der Waals surface area contributed by atoms with Crippen molar-refractivity contribution in [3.8, 4) is 5.75 Å². The van der Waals surface area contributed by atoms with Gasteiger partial charge in [-0.15, -0.1) is 5.10 Å². The molecule has 1 aliphatic heterocycles. The molecule has 24 heavy (non-hydrogen) atoms. The highest BCUT2D eigenvalue weighted by Crippen LogP contribution is 2.25. The molecule has 0 atom stereocenters. The van der Waals surface area contributed by atoms with Crippen molar-refractivity contribution in [2.45, 2.75) is 31.8 Å². The molecule has 0 unspecified atom stereocenters. The number of carbonyl (C=O) groups excluding carboxylic acids is 1. The highest BCUT2D eigenvalue weighted by Gasteiger charge is 2.24. The van der Waals surface area contributed by atoms with Gasteiger partial charge < -0.3 is 15.7 Å². The number of amides is 1. The molecular weight excluding hydrogens is 330 g/mol. The SMILES string of the molecule is NCc1cn(C2CCN(C(=O)Cc3ccc(O)c(Cl)c3)CC2)nn1. The highest BCUT2D eigenvalue weighted by molar-refractivity contribution is 6.32. The number of nitrogens with two attached hydrogens (primary N) is 1. The van der Waals surface area contributed by atoms with E-state index < -0.39 is 0 Å². The Morgan fingerprint density at radius 2 is 2.12 bits per heavy atom. The van der Waals surface area contributed by atoms with Crippen LogP contribution in [0, 0.1) is 0 Å². The maximum Gasteiger partial charge on any atom is 0.226 e. The summed E-state index contributed by atoms with van der Waals surface area (Å²) in [6.45, 7) is 1.76. The normalized spacial score (nSPS) is 15.7. The number of aromatic nitrogens is 3. The molecule has 1 aliphatic rings. The van der Waals surface area contributed by atoms with Crippen LogP contribution in [0.2, 0.25) is 5.02 Å². The molecule has 1 amide bonds. The zero-order chi connectivity index (χ0) is 17.1. The number of nitrogens with zero attached hydrogens (tertiary/aromatic N) is 4. The van der Waals surface area contributed by atoms with Crippen molar-refractivity contribution in [1.82, 2.24) is 19.9 Å². The quantitative estimate of drug-likeness (QED) is 0.871. The van der Waals surface area contributed by atoms with E-state index in [-0.39, 0.29) is 29.1 Å². The summed E-state index contributed by atoms with van der Waals surface area (Å²) in [5, 5.41) is 17.8. The fourth-order valence-corrected chi connectivity index (χ4v) is 3.12. The molecule has 1 aromatic carbocycles. The molecule has 0 saturated carbocycles. The number of hydrogen-bond donors (Lipinski definition) is 2. The van der Waals surface area contributed by atoms with Gasteiger partial charge in [-0.3, -0.25) is 4.79 Å². The van der Waals surface area contributed by atoms with Crippen molar-refractivity contribution in [2.75, 3.05) is 13.1 Å². The largest absolute Gasteiger partial charge is 0.506 e. The maximum absolute atomic E-state index is 12.4. The second-order valence-electron chi connectivity index (χ2n) is 5.97. The van der Waals surface area contributed by atoms with Gasteiger partial charge in [-0.1, -0.05) is 22.9 Å². The molecule has 0 radical (unpaired) electrons. The fraction of sp³-hybridized carbons (Fsp3) is 0.438. The van der Waals surface area contributed by atoms with Crippen molar-refractivity contribution in [2.24, 2.45) is 5.73 Å². The molecule has 3 rings (SSSR count). The number of phenols is 1. The molecule has 8 heteroatoms. The van der Waals surface area contributed by atoms with Gasteiger partial charge in [-0.2, -0.15) is 0 Å². The van der Waals surface area contributed by atoms with E-state index in [9.17, 15) is 9.90 Å². The lowest BCUT2D eigenvalue weighted by Gasteiger charge is -2.32. The van der Waals surface area contributed by atoms with E-state index in [2.05, 4.69) is 10.3 Å². The van der Waals surface area contributed by atoms with Crippen LogP contribution in [0.4, 0.5) is 0 Å². The highest BCUT2D eigenvalue weighted by atomic mass is 35.5. The Labute approximate surface area is 145 Å². The number of rotatable bonds is 4. The summed E-state index contributed by atoms with van der Waals surface area (Å²) in [6, 6.07) is 5.11. The molecule has 2 aromatic rings. The summed E-state index contributed by atoms with van der Waals surface area (Å²) in [5.74, 6) is 0.0924. The van der Waals surface area contributed by atoms with Gasteiger partial charge in [0.1, 0.15) is 5.75 Å². The molecule has 2 heterocycles. The number of likely N-dealkylation sites (tertiary alicyclic amines) is 1. The van der Waals surface area contributed by atoms with E-state index in [1.54, 1.807) is 12.1 Å². The Bertz CT molecular complexity index is 725. The third kappa shape index (κ3) is 3.68.